The van der Waals surface area contributed by atoms with Gasteiger partial charge in [-0.15, -0.1) is 13.2 Å². The maximum Gasteiger partial charge on any atom is 0.387 e. The third kappa shape index (κ3) is 5.23. The van der Waals surface area contributed by atoms with Crippen molar-refractivity contribution in [1.82, 2.24) is 0 Å². The number of fused-ring (bicyclic) bond motifs is 1. The van der Waals surface area contributed by atoms with Gasteiger partial charge in [0.2, 0.25) is 0 Å². The fourth-order valence-corrected chi connectivity index (χ4v) is 4.50. The highest BCUT2D eigenvalue weighted by atomic mass is 19.3. The summed E-state index contributed by atoms with van der Waals surface area (Å²) < 4.78 is 46.5. The minimum Gasteiger partial charge on any atom is -0.434 e. The number of benzene rings is 2. The quantitative estimate of drug-likeness (QED) is 0.387. The second kappa shape index (κ2) is 10.00. The zero-order chi connectivity index (χ0) is 20.8. The molecule has 1 saturated carbocycles. The van der Waals surface area contributed by atoms with Gasteiger partial charge in [0.1, 0.15) is 11.6 Å². The molecule has 0 atom stereocenters. The molecule has 156 valence electrons. The lowest BCUT2D eigenvalue weighted by Crippen LogP contribution is -2.16. The fraction of sp³-hybridized carbons (Fsp3) is 0.440. The lowest BCUT2D eigenvalue weighted by molar-refractivity contribution is -0.0508. The van der Waals surface area contributed by atoms with Gasteiger partial charge in [0.15, 0.2) is 0 Å². The molecule has 3 rings (SSSR count). The van der Waals surface area contributed by atoms with Crippen LogP contribution >= 0.6 is 0 Å². The Kier molecular flexibility index (Phi) is 7.40. The third-order valence-electron chi connectivity index (χ3n) is 6.03. The number of hydrogen-bond acceptors (Lipinski definition) is 1. The van der Waals surface area contributed by atoms with Crippen LogP contribution in [0, 0.1) is 11.7 Å². The van der Waals surface area contributed by atoms with Crippen molar-refractivity contribution in [2.24, 2.45) is 5.92 Å². The average molecular weight is 403 g/mol. The molecule has 0 aliphatic heterocycles. The van der Waals surface area contributed by atoms with E-state index in [1.807, 2.05) is 24.3 Å². The van der Waals surface area contributed by atoms with E-state index in [2.05, 4.69) is 13.2 Å². The van der Waals surface area contributed by atoms with E-state index in [0.29, 0.717) is 22.3 Å². The van der Waals surface area contributed by atoms with Crippen molar-refractivity contribution in [2.75, 3.05) is 0 Å². The highest BCUT2D eigenvalue weighted by Crippen LogP contribution is 2.44. The van der Waals surface area contributed by atoms with Crippen molar-refractivity contribution in [3.05, 3.63) is 66.5 Å². The molecule has 29 heavy (non-hydrogen) atoms. The molecule has 1 nitrogen and oxygen atoms in total. The number of allylic oxidation sites excluding steroid dienone is 2. The first kappa shape index (κ1) is 21.5. The zero-order valence-corrected chi connectivity index (χ0v) is 16.8. The highest BCUT2D eigenvalue weighted by molar-refractivity contribution is 5.86. The number of hydrogen-bond donors (Lipinski definition) is 0. The number of ether oxygens (including phenoxy) is 1. The summed E-state index contributed by atoms with van der Waals surface area (Å²) in [4.78, 5) is 0. The van der Waals surface area contributed by atoms with E-state index in [4.69, 9.17) is 4.74 Å². The van der Waals surface area contributed by atoms with Crippen LogP contribution < -0.4 is 4.74 Å². The topological polar surface area (TPSA) is 9.23 Å². The van der Waals surface area contributed by atoms with Gasteiger partial charge in [-0.1, -0.05) is 30.4 Å². The summed E-state index contributed by atoms with van der Waals surface area (Å²) in [6.45, 7) is 4.51. The Morgan fingerprint density at radius 1 is 1.03 bits per heavy atom. The summed E-state index contributed by atoms with van der Waals surface area (Å²) in [5.74, 6) is 0.0802. The number of aryl methyl sites for hydroxylation is 1. The molecule has 0 N–H and O–H groups in total. The summed E-state index contributed by atoms with van der Waals surface area (Å²) in [6, 6.07) is 7.10. The van der Waals surface area contributed by atoms with Crippen molar-refractivity contribution in [2.45, 2.75) is 63.9 Å². The first-order valence-electron chi connectivity index (χ1n) is 10.4. The summed E-state index contributed by atoms with van der Waals surface area (Å²) in [6.07, 6.45) is 10.9. The largest absolute Gasteiger partial charge is 0.434 e. The lowest BCUT2D eigenvalue weighted by Gasteiger charge is -2.30. The molecule has 1 fully saturated rings. The Labute approximate surface area is 171 Å². The minimum atomic E-state index is -2.97. The summed E-state index contributed by atoms with van der Waals surface area (Å²) in [5, 5.41) is 1.07. The van der Waals surface area contributed by atoms with Crippen molar-refractivity contribution in [3.8, 4) is 5.75 Å². The van der Waals surface area contributed by atoms with Gasteiger partial charge in [-0.05, 0) is 80.2 Å². The monoisotopic (exact) mass is 402 g/mol. The van der Waals surface area contributed by atoms with Gasteiger partial charge < -0.3 is 4.74 Å². The Morgan fingerprint density at radius 2 is 1.76 bits per heavy atom. The molecular weight excluding hydrogens is 373 g/mol. The predicted octanol–water partition coefficient (Wildman–Crippen LogP) is 7.94. The summed E-state index contributed by atoms with van der Waals surface area (Å²) in [5.41, 5.74) is 1.34. The molecule has 0 saturated heterocycles. The van der Waals surface area contributed by atoms with Crippen molar-refractivity contribution in [1.29, 1.82) is 0 Å². The van der Waals surface area contributed by atoms with E-state index in [1.54, 1.807) is 12.1 Å². The molecule has 1 aliphatic rings. The Bertz CT molecular complexity index is 851. The van der Waals surface area contributed by atoms with Gasteiger partial charge in [-0.25, -0.2) is 4.39 Å². The Hall–Kier alpha value is -2.23. The maximum absolute atomic E-state index is 15.5. The summed E-state index contributed by atoms with van der Waals surface area (Å²) >= 11 is 0. The Morgan fingerprint density at radius 3 is 2.41 bits per heavy atom. The first-order valence-corrected chi connectivity index (χ1v) is 10.4. The van der Waals surface area contributed by atoms with E-state index >= 15 is 4.39 Å². The standard InChI is InChI=1S/C25H29F3O/c1-3-5-7-17-9-12-19(13-10-17)23-22(29-25(27)28)16-20-15-18(8-6-4-2)11-14-21(20)24(23)26/h3-4,11,14-17,19,25H,1-2,5-10,12-13H2. The smallest absolute Gasteiger partial charge is 0.387 e. The molecule has 1 aliphatic carbocycles. The number of halogens is 3. The lowest BCUT2D eigenvalue weighted by atomic mass is 9.76. The first-order chi connectivity index (χ1) is 14.0. The van der Waals surface area contributed by atoms with Gasteiger partial charge in [-0.3, -0.25) is 0 Å². The number of rotatable bonds is 9. The normalized spacial score (nSPS) is 19.4. The predicted molar refractivity (Wildman–Crippen MR) is 113 cm³/mol. The maximum atomic E-state index is 15.5. The highest BCUT2D eigenvalue weighted by Gasteiger charge is 2.29. The van der Waals surface area contributed by atoms with Crippen LogP contribution in [0.2, 0.25) is 0 Å². The van der Waals surface area contributed by atoms with Crippen LogP contribution in [0.25, 0.3) is 10.8 Å². The molecule has 0 aromatic heterocycles. The van der Waals surface area contributed by atoms with Crippen molar-refractivity contribution >= 4 is 10.8 Å². The van der Waals surface area contributed by atoms with Crippen LogP contribution in [-0.4, -0.2) is 6.61 Å². The van der Waals surface area contributed by atoms with E-state index in [9.17, 15) is 8.78 Å². The van der Waals surface area contributed by atoms with Crippen LogP contribution in [-0.2, 0) is 6.42 Å². The molecule has 0 spiro atoms. The molecule has 0 bridgehead atoms. The van der Waals surface area contributed by atoms with Gasteiger partial charge in [0, 0.05) is 10.9 Å². The molecular formula is C25H29F3O. The van der Waals surface area contributed by atoms with E-state index in [-0.39, 0.29) is 11.7 Å². The SMILES string of the molecule is C=CCCc1ccc2c(F)c(C3CCC(CCC=C)CC3)c(OC(F)F)cc2c1. The molecule has 2 aromatic rings. The molecule has 0 heterocycles. The molecule has 0 unspecified atom stereocenters. The van der Waals surface area contributed by atoms with E-state index in [0.717, 1.165) is 56.9 Å². The van der Waals surface area contributed by atoms with Crippen LogP contribution in [0.15, 0.2) is 49.6 Å². The molecule has 4 heteroatoms. The second-order valence-corrected chi connectivity index (χ2v) is 7.95. The van der Waals surface area contributed by atoms with Gasteiger partial charge in [-0.2, -0.15) is 8.78 Å². The molecule has 0 amide bonds. The van der Waals surface area contributed by atoms with Crippen LogP contribution in [0.5, 0.6) is 5.75 Å². The third-order valence-corrected chi connectivity index (χ3v) is 6.03. The van der Waals surface area contributed by atoms with Crippen molar-refractivity contribution in [3.63, 3.8) is 0 Å². The minimum absolute atomic E-state index is 0.0135. The van der Waals surface area contributed by atoms with Crippen LogP contribution in [0.4, 0.5) is 13.2 Å². The van der Waals surface area contributed by atoms with Gasteiger partial charge in [0.25, 0.3) is 0 Å². The average Bonchev–Trinajstić information content (AvgIpc) is 2.71. The fourth-order valence-electron chi connectivity index (χ4n) is 4.50. The molecule has 0 radical (unpaired) electrons. The van der Waals surface area contributed by atoms with Crippen LogP contribution in [0.1, 0.15) is 62.0 Å². The molecule has 2 aromatic carbocycles. The number of alkyl halides is 2. The second-order valence-electron chi connectivity index (χ2n) is 7.95. The van der Waals surface area contributed by atoms with E-state index in [1.165, 1.54) is 0 Å². The van der Waals surface area contributed by atoms with Gasteiger partial charge >= 0.3 is 6.61 Å². The summed E-state index contributed by atoms with van der Waals surface area (Å²) in [7, 11) is 0. The van der Waals surface area contributed by atoms with Crippen LogP contribution in [0.3, 0.4) is 0 Å². The Balaban J connectivity index is 1.93. The van der Waals surface area contributed by atoms with Gasteiger partial charge in [0.05, 0.1) is 0 Å². The zero-order valence-electron chi connectivity index (χ0n) is 16.8. The van der Waals surface area contributed by atoms with Crippen molar-refractivity contribution < 1.29 is 17.9 Å². The van der Waals surface area contributed by atoms with E-state index < -0.39 is 12.4 Å².